The lowest BCUT2D eigenvalue weighted by molar-refractivity contribution is -0.144. The second-order valence-electron chi connectivity index (χ2n) is 12.3. The molecule has 41 heavy (non-hydrogen) atoms. The van der Waals surface area contributed by atoms with Gasteiger partial charge in [-0.1, -0.05) is 44.2 Å². The number of carbonyl (C=O) groups is 6. The van der Waals surface area contributed by atoms with E-state index >= 15 is 0 Å². The maximum atomic E-state index is 13.6. The van der Waals surface area contributed by atoms with Crippen molar-refractivity contribution < 1.29 is 28.8 Å². The fourth-order valence-corrected chi connectivity index (χ4v) is 6.03. The third kappa shape index (κ3) is 6.13. The molecular weight excluding hydrogens is 526 g/mol. The Labute approximate surface area is 239 Å². The van der Waals surface area contributed by atoms with E-state index in [1.165, 1.54) is 4.90 Å². The molecule has 4 atom stereocenters. The zero-order valence-corrected chi connectivity index (χ0v) is 23.6. The Kier molecular flexibility index (Phi) is 8.15. The first-order chi connectivity index (χ1) is 19.6. The van der Waals surface area contributed by atoms with Crippen LogP contribution in [0.3, 0.4) is 0 Å². The number of fused-ring (bicyclic) bond motifs is 1. The maximum absolute atomic E-state index is 13.6. The van der Waals surface area contributed by atoms with Crippen molar-refractivity contribution in [2.24, 2.45) is 23.2 Å². The lowest BCUT2D eigenvalue weighted by Crippen LogP contribution is -2.57. The number of hydrogen-bond donors (Lipinski definition) is 4. The second kappa shape index (κ2) is 11.6. The monoisotopic (exact) mass is 565 g/mol. The summed E-state index contributed by atoms with van der Waals surface area (Å²) in [4.78, 5) is 79.8. The number of benzene rings is 1. The van der Waals surface area contributed by atoms with Crippen LogP contribution >= 0.6 is 0 Å². The number of carbonyl (C=O) groups excluding carboxylic acids is 6. The summed E-state index contributed by atoms with van der Waals surface area (Å²) in [5.41, 5.74) is 0.533. The van der Waals surface area contributed by atoms with Crippen LogP contribution in [0.25, 0.3) is 0 Å². The van der Waals surface area contributed by atoms with Crippen molar-refractivity contribution in [3.05, 3.63) is 35.9 Å². The van der Waals surface area contributed by atoms with Crippen LogP contribution in [0, 0.1) is 23.2 Å². The van der Waals surface area contributed by atoms with E-state index < -0.39 is 41.6 Å². The van der Waals surface area contributed by atoms with Gasteiger partial charge in [0.2, 0.25) is 29.4 Å². The quantitative estimate of drug-likeness (QED) is 0.270. The van der Waals surface area contributed by atoms with E-state index in [1.807, 2.05) is 44.2 Å². The lowest BCUT2D eigenvalue weighted by atomic mass is 9.95. The summed E-state index contributed by atoms with van der Waals surface area (Å²) < 4.78 is 0. The smallest absolute Gasteiger partial charge is 0.289 e. The zero-order valence-electron chi connectivity index (χ0n) is 23.6. The number of nitrogens with one attached hydrogen (secondary N) is 4. The molecule has 11 nitrogen and oxygen atoms in total. The van der Waals surface area contributed by atoms with Crippen molar-refractivity contribution in [1.29, 1.82) is 0 Å². The van der Waals surface area contributed by atoms with Crippen molar-refractivity contribution >= 4 is 35.3 Å². The predicted octanol–water partition coefficient (Wildman–Crippen LogP) is 0.425. The molecular formula is C30H39N5O6. The van der Waals surface area contributed by atoms with Gasteiger partial charge < -0.3 is 26.2 Å². The number of Topliss-reactive ketones (excluding diaryl/α,β-unsaturated/α-hetero) is 1. The van der Waals surface area contributed by atoms with Gasteiger partial charge in [-0.25, -0.2) is 0 Å². The number of rotatable bonds is 12. The second-order valence-corrected chi connectivity index (χ2v) is 12.3. The summed E-state index contributed by atoms with van der Waals surface area (Å²) in [5.74, 6) is -3.10. The minimum atomic E-state index is -1.22. The fraction of sp³-hybridized carbons (Fsp3) is 0.600. The Balaban J connectivity index is 1.25. The van der Waals surface area contributed by atoms with E-state index in [0.29, 0.717) is 38.3 Å². The molecule has 0 spiro atoms. The minimum Gasteiger partial charge on any atom is -0.356 e. The largest absolute Gasteiger partial charge is 0.356 e. The molecule has 4 N–H and O–H groups in total. The van der Waals surface area contributed by atoms with Gasteiger partial charge in [-0.3, -0.25) is 28.8 Å². The summed E-state index contributed by atoms with van der Waals surface area (Å²) in [6.45, 7) is 4.68. The molecule has 1 aromatic rings. The van der Waals surface area contributed by atoms with E-state index in [1.54, 1.807) is 0 Å². The standard InChI is InChI=1S/C30H39N5O6/c1-17(2)23(34-29(41)30-14-20(30)15-30)28(40)35-12-6-9-22(35)26(38)33-21(13-19-10-11-31-25(19)37)24(36)27(39)32-16-18-7-4-3-5-8-18/h3-5,7-8,17,19-23H,6,9-16H2,1-2H3,(H,31,37)(H,32,39)(H,33,38)(H,34,41). The Morgan fingerprint density at radius 1 is 1.05 bits per heavy atom. The van der Waals surface area contributed by atoms with Crippen molar-refractivity contribution in [3.63, 3.8) is 0 Å². The van der Waals surface area contributed by atoms with Crippen LogP contribution < -0.4 is 21.3 Å². The highest BCUT2D eigenvalue weighted by molar-refractivity contribution is 6.38. The molecule has 5 amide bonds. The highest BCUT2D eigenvalue weighted by Crippen LogP contribution is 2.75. The van der Waals surface area contributed by atoms with Crippen molar-refractivity contribution in [3.8, 4) is 0 Å². The molecule has 11 heteroatoms. The zero-order chi connectivity index (χ0) is 29.3. The molecule has 2 saturated heterocycles. The molecule has 0 bridgehead atoms. The van der Waals surface area contributed by atoms with Gasteiger partial charge in [0.15, 0.2) is 0 Å². The number of hydrogen-bond acceptors (Lipinski definition) is 6. The summed E-state index contributed by atoms with van der Waals surface area (Å²) in [5, 5.41) is 11.0. The maximum Gasteiger partial charge on any atom is 0.289 e. The van der Waals surface area contributed by atoms with E-state index in [0.717, 1.165) is 18.4 Å². The summed E-state index contributed by atoms with van der Waals surface area (Å²) >= 11 is 0. The van der Waals surface area contributed by atoms with E-state index in [-0.39, 0.29) is 42.0 Å². The molecule has 2 heterocycles. The number of ketones is 1. The Bertz CT molecular complexity index is 1230. The lowest BCUT2D eigenvalue weighted by Gasteiger charge is -2.31. The molecule has 4 fully saturated rings. The van der Waals surface area contributed by atoms with Gasteiger partial charge >= 0.3 is 0 Å². The van der Waals surface area contributed by atoms with E-state index in [9.17, 15) is 28.8 Å². The normalized spacial score (nSPS) is 27.3. The van der Waals surface area contributed by atoms with Crippen LogP contribution in [0.1, 0.15) is 57.9 Å². The molecule has 4 aliphatic rings. The van der Waals surface area contributed by atoms with Gasteiger partial charge in [0, 0.05) is 25.6 Å². The Hall–Kier alpha value is -3.76. The van der Waals surface area contributed by atoms with Crippen LogP contribution in [0.2, 0.25) is 0 Å². The number of amides is 5. The number of likely N-dealkylation sites (tertiary alicyclic amines) is 1. The molecule has 0 radical (unpaired) electrons. The highest BCUT2D eigenvalue weighted by atomic mass is 16.2. The summed E-state index contributed by atoms with van der Waals surface area (Å²) in [7, 11) is 0. The van der Waals surface area contributed by atoms with E-state index in [4.69, 9.17) is 0 Å². The van der Waals surface area contributed by atoms with Gasteiger partial charge in [0.05, 0.1) is 11.5 Å². The number of nitrogens with zero attached hydrogens (tertiary/aromatic N) is 1. The van der Waals surface area contributed by atoms with Crippen LogP contribution in [0.15, 0.2) is 30.3 Å². The SMILES string of the molecule is CC(C)C(NC(=O)C12CC1C2)C(=O)N1CCCC1C(=O)NC(CC1CCNC1=O)C(=O)C(=O)NCc1ccccc1. The third-order valence-electron chi connectivity index (χ3n) is 9.03. The van der Waals surface area contributed by atoms with Crippen LogP contribution in [0.4, 0.5) is 0 Å². The molecule has 2 aliphatic carbocycles. The molecule has 5 rings (SSSR count). The van der Waals surface area contributed by atoms with Gasteiger partial charge in [-0.15, -0.1) is 0 Å². The van der Waals surface area contributed by atoms with Crippen LogP contribution in [-0.4, -0.2) is 71.4 Å². The molecule has 1 aromatic carbocycles. The first-order valence-corrected chi connectivity index (χ1v) is 14.7. The van der Waals surface area contributed by atoms with Crippen molar-refractivity contribution in [2.45, 2.75) is 77.0 Å². The van der Waals surface area contributed by atoms with Gasteiger partial charge in [0.1, 0.15) is 12.1 Å². The molecule has 220 valence electrons. The van der Waals surface area contributed by atoms with Crippen molar-refractivity contribution in [1.82, 2.24) is 26.2 Å². The molecule has 2 saturated carbocycles. The van der Waals surface area contributed by atoms with E-state index in [2.05, 4.69) is 21.3 Å². The topological polar surface area (TPSA) is 154 Å². The molecule has 2 aliphatic heterocycles. The summed E-state index contributed by atoms with van der Waals surface area (Å²) in [6.07, 6.45) is 3.23. The average molecular weight is 566 g/mol. The minimum absolute atomic E-state index is 0.0102. The Morgan fingerprint density at radius 2 is 1.76 bits per heavy atom. The average Bonchev–Trinajstić information content (AvgIpc) is 3.70. The van der Waals surface area contributed by atoms with Crippen molar-refractivity contribution in [2.75, 3.05) is 13.1 Å². The third-order valence-corrected chi connectivity index (χ3v) is 9.03. The van der Waals surface area contributed by atoms with Crippen LogP contribution in [-0.2, 0) is 35.3 Å². The predicted molar refractivity (Wildman–Crippen MR) is 148 cm³/mol. The highest BCUT2D eigenvalue weighted by Gasteiger charge is 2.74. The van der Waals surface area contributed by atoms with Gasteiger partial charge in [0.25, 0.3) is 5.91 Å². The van der Waals surface area contributed by atoms with Gasteiger partial charge in [-0.2, -0.15) is 0 Å². The first-order valence-electron chi connectivity index (χ1n) is 14.7. The van der Waals surface area contributed by atoms with Gasteiger partial charge in [-0.05, 0) is 55.9 Å². The Morgan fingerprint density at radius 3 is 2.37 bits per heavy atom. The van der Waals surface area contributed by atoms with Crippen LogP contribution in [0.5, 0.6) is 0 Å². The summed E-state index contributed by atoms with van der Waals surface area (Å²) in [6, 6.07) is 6.32. The molecule has 4 unspecified atom stereocenters. The first kappa shape index (κ1) is 28.8. The fourth-order valence-electron chi connectivity index (χ4n) is 6.03. The molecule has 0 aromatic heterocycles.